The van der Waals surface area contributed by atoms with E-state index in [-0.39, 0.29) is 6.42 Å². The Morgan fingerprint density at radius 1 is 0.483 bits per heavy atom. The molecular weight excluding hydrogens is 1160 g/mol. The Hall–Kier alpha value is -4.59. The zero-order valence-corrected chi connectivity index (χ0v) is 50.1. The molecule has 18 unspecified atom stereocenters. The Kier molecular flexibility index (Phi) is 35.4. The van der Waals surface area contributed by atoms with E-state index in [0.29, 0.717) is 6.42 Å². The van der Waals surface area contributed by atoms with Gasteiger partial charge in [0.2, 0.25) is 29.5 Å². The number of allylic oxidation sites excluding steroid dienone is 2. The second-order valence-electron chi connectivity index (χ2n) is 21.7. The maximum atomic E-state index is 13.3. The van der Waals surface area contributed by atoms with Crippen LogP contribution in [0.5, 0.6) is 0 Å². The van der Waals surface area contributed by atoms with E-state index in [4.69, 9.17) is 33.2 Å². The molecule has 0 aromatic rings. The number of rotatable bonds is 39. The summed E-state index contributed by atoms with van der Waals surface area (Å²) < 4.78 is 40.2. The highest BCUT2D eigenvalue weighted by atomic mass is 16.7. The minimum Gasteiger partial charge on any atom is -0.507 e. The monoisotopic (exact) mass is 1260 g/mol. The van der Waals surface area contributed by atoms with Crippen LogP contribution in [-0.2, 0) is 57.1 Å². The first-order chi connectivity index (χ1) is 41.4. The van der Waals surface area contributed by atoms with Gasteiger partial charge in [-0.05, 0) is 32.1 Å². The van der Waals surface area contributed by atoms with Gasteiger partial charge in [0.1, 0.15) is 108 Å². The number of aliphatic hydroxyl groups excluding tert-OH is 14. The van der Waals surface area contributed by atoms with Crippen LogP contribution in [0.1, 0.15) is 137 Å². The maximum Gasteiger partial charge on any atom is 0.221 e. The molecule has 3 saturated heterocycles. The number of carbonyl (C=O) groups excluding carboxylic acids is 5. The molecule has 0 bridgehead atoms. The van der Waals surface area contributed by atoms with E-state index in [1.165, 1.54) is 25.7 Å². The first kappa shape index (κ1) is 76.7. The zero-order valence-electron chi connectivity index (χ0n) is 50.1. The van der Waals surface area contributed by atoms with Crippen molar-refractivity contribution in [1.29, 1.82) is 0 Å². The normalized spacial score (nSPS) is 29.6. The molecule has 87 heavy (non-hydrogen) atoms. The van der Waals surface area contributed by atoms with Crippen molar-refractivity contribution in [2.45, 2.75) is 254 Å². The van der Waals surface area contributed by atoms with Crippen LogP contribution in [0.4, 0.5) is 0 Å². The Morgan fingerprint density at radius 3 is 1.32 bits per heavy atom. The molecule has 0 saturated carbocycles. The lowest BCUT2D eigenvalue weighted by molar-refractivity contribution is -0.303. The van der Waals surface area contributed by atoms with E-state index in [9.17, 15) is 95.5 Å². The predicted molar refractivity (Wildman–Crippen MR) is 302 cm³/mol. The Balaban J connectivity index is 1.87. The molecule has 0 aromatic heterocycles. The highest BCUT2D eigenvalue weighted by Crippen LogP contribution is 2.32. The van der Waals surface area contributed by atoms with Crippen molar-refractivity contribution in [2.24, 2.45) is 0 Å². The summed E-state index contributed by atoms with van der Waals surface area (Å²) in [5, 5.41) is 164. The summed E-state index contributed by atoms with van der Waals surface area (Å²) in [6.45, 7) is 1.61. The van der Waals surface area contributed by atoms with Crippen LogP contribution in [-0.4, -0.2) is 251 Å². The molecule has 19 atom stereocenters. The highest BCUT2D eigenvalue weighted by Gasteiger charge is 2.51. The summed E-state index contributed by atoms with van der Waals surface area (Å²) in [5.74, 6) is -6.30. The van der Waals surface area contributed by atoms with Crippen LogP contribution in [0.25, 0.3) is 0 Å². The SMILES string of the molecule is CCCCCC/C=C\CCCCCCCCCC(=O)NC1C(O[C@@H](CCO)/C(O)=C(/NC(C)=O)C(O)OC2C(CO)OC(OC(CCO)/C(O)=C(/NC(C)=O)C(O)OC3C(CO)OC(O)C(NC(C)=O)C3O)C(NC(C)=O)C2O)OC(CO)C(O)C1O. The van der Waals surface area contributed by atoms with Crippen molar-refractivity contribution >= 4 is 29.5 Å². The number of unbranched alkanes of at least 4 members (excludes halogenated alkanes) is 11. The van der Waals surface area contributed by atoms with Crippen molar-refractivity contribution < 1.29 is 129 Å². The fourth-order valence-corrected chi connectivity index (χ4v) is 10.1. The van der Waals surface area contributed by atoms with Crippen molar-refractivity contribution in [3.8, 4) is 0 Å². The minimum atomic E-state index is -2.55. The van der Waals surface area contributed by atoms with Gasteiger partial charge in [-0.15, -0.1) is 0 Å². The molecule has 3 aliphatic rings. The van der Waals surface area contributed by atoms with Crippen molar-refractivity contribution in [2.75, 3.05) is 33.0 Å². The lowest BCUT2D eigenvalue weighted by Gasteiger charge is -2.45. The van der Waals surface area contributed by atoms with E-state index in [1.54, 1.807) is 0 Å². The Labute approximate surface area is 505 Å². The summed E-state index contributed by atoms with van der Waals surface area (Å²) >= 11 is 0. The average Bonchev–Trinajstić information content (AvgIpc) is 1.12. The molecular formula is C56H97N5O26. The largest absolute Gasteiger partial charge is 0.507 e. The zero-order chi connectivity index (χ0) is 64.9. The number of amides is 5. The molecule has 3 fully saturated rings. The third-order valence-electron chi connectivity index (χ3n) is 14.6. The first-order valence-electron chi connectivity index (χ1n) is 29.7. The van der Waals surface area contributed by atoms with Gasteiger partial charge in [-0.1, -0.05) is 70.4 Å². The molecule has 3 aliphatic heterocycles. The molecule has 5 amide bonds. The summed E-state index contributed by atoms with van der Waals surface area (Å²) in [5.41, 5.74) is -1.83. The van der Waals surface area contributed by atoms with Crippen LogP contribution in [0.2, 0.25) is 0 Å². The molecule has 3 rings (SSSR count). The lowest BCUT2D eigenvalue weighted by atomic mass is 9.96. The van der Waals surface area contributed by atoms with Gasteiger partial charge < -0.3 is 131 Å². The van der Waals surface area contributed by atoms with Gasteiger partial charge in [-0.25, -0.2) is 0 Å². The number of ether oxygens (including phenoxy) is 7. The quantitative estimate of drug-likeness (QED) is 0.0125. The van der Waals surface area contributed by atoms with Crippen LogP contribution in [0, 0.1) is 0 Å². The van der Waals surface area contributed by atoms with Crippen LogP contribution < -0.4 is 26.6 Å². The standard InChI is InChI=1S/C56H97N5O26/c1-6-7-8-9-10-11-12-13-14-15-16-17-18-19-20-21-38(71)61-42-47(75)46(74)35(26-64)84-55(42)82-33(22-24-62)44(72)40(58-30(3)68)54(80)87-51-37(28-66)85-56(43(49(51)77)60-32(5)70)83-34(23-25-63)45(73)39(57-29(2)67)53(79)86-50-36(27-65)81-52(78)41(48(50)76)59-31(4)69/h11-12,33-37,41-43,46-56,62-66,72-80H,6-10,13-28H2,1-5H3,(H,57,67)(H,58,68)(H,59,69)(H,60,70)(H,61,71)/b12-11-,44-40-,45-39-/t33-,34?,35?,36?,37?,41?,42?,43?,46?,47?,48?,49?,50?,51?,52?,53?,54?,55?,56?/m0/s1. The second kappa shape index (κ2) is 40.2. The molecule has 0 aromatic carbocycles. The average molecular weight is 1260 g/mol. The van der Waals surface area contributed by atoms with Gasteiger partial charge >= 0.3 is 0 Å². The van der Waals surface area contributed by atoms with E-state index < -0.39 is 215 Å². The Morgan fingerprint density at radius 2 is 0.885 bits per heavy atom. The van der Waals surface area contributed by atoms with Gasteiger partial charge in [-0.2, -0.15) is 0 Å². The molecule has 31 nitrogen and oxygen atoms in total. The number of hydrogen-bond donors (Lipinski definition) is 19. The lowest BCUT2D eigenvalue weighted by Crippen LogP contribution is -2.66. The van der Waals surface area contributed by atoms with Gasteiger partial charge in [0, 0.05) is 60.2 Å². The number of nitrogens with one attached hydrogen (secondary N) is 5. The molecule has 502 valence electrons. The second-order valence-corrected chi connectivity index (χ2v) is 21.7. The van der Waals surface area contributed by atoms with Gasteiger partial charge in [-0.3, -0.25) is 24.0 Å². The molecule has 0 radical (unpaired) electrons. The van der Waals surface area contributed by atoms with Gasteiger partial charge in [0.05, 0.1) is 19.8 Å². The number of carbonyl (C=O) groups is 5. The third-order valence-corrected chi connectivity index (χ3v) is 14.6. The van der Waals surface area contributed by atoms with Crippen LogP contribution in [0.3, 0.4) is 0 Å². The first-order valence-corrected chi connectivity index (χ1v) is 29.7. The summed E-state index contributed by atoms with van der Waals surface area (Å²) in [6.07, 6.45) is -14.2. The minimum absolute atomic E-state index is 0.00290. The highest BCUT2D eigenvalue weighted by molar-refractivity contribution is 5.77. The van der Waals surface area contributed by atoms with Crippen molar-refractivity contribution in [1.82, 2.24) is 26.6 Å². The number of aliphatic hydroxyl groups is 14. The van der Waals surface area contributed by atoms with Crippen molar-refractivity contribution in [3.05, 3.63) is 35.1 Å². The third kappa shape index (κ3) is 24.6. The summed E-state index contributed by atoms with van der Waals surface area (Å²) in [6, 6.07) is -4.99. The number of hydrogen-bond acceptors (Lipinski definition) is 26. The summed E-state index contributed by atoms with van der Waals surface area (Å²) in [4.78, 5) is 63.0. The smallest absolute Gasteiger partial charge is 0.221 e. The van der Waals surface area contributed by atoms with E-state index in [0.717, 1.165) is 79.1 Å². The maximum absolute atomic E-state index is 13.3. The molecule has 0 spiro atoms. The molecule has 0 aliphatic carbocycles. The van der Waals surface area contributed by atoms with E-state index in [2.05, 4.69) is 45.7 Å². The van der Waals surface area contributed by atoms with E-state index >= 15 is 0 Å². The van der Waals surface area contributed by atoms with E-state index in [1.807, 2.05) is 0 Å². The molecule has 31 heteroatoms. The van der Waals surface area contributed by atoms with Crippen LogP contribution >= 0.6 is 0 Å². The fourth-order valence-electron chi connectivity index (χ4n) is 10.1. The van der Waals surface area contributed by atoms with Gasteiger partial charge in [0.15, 0.2) is 31.5 Å². The predicted octanol–water partition coefficient (Wildman–Crippen LogP) is -3.14. The topological polar surface area (TPSA) is 493 Å². The fraction of sp³-hybridized carbons (Fsp3) is 0.804. The van der Waals surface area contributed by atoms with Crippen LogP contribution in [0.15, 0.2) is 35.1 Å². The van der Waals surface area contributed by atoms with Gasteiger partial charge in [0.25, 0.3) is 0 Å². The Bertz CT molecular complexity index is 2180. The molecule has 3 heterocycles. The summed E-state index contributed by atoms with van der Waals surface area (Å²) in [7, 11) is 0. The molecule has 19 N–H and O–H groups in total. The van der Waals surface area contributed by atoms with Crippen molar-refractivity contribution in [3.63, 3.8) is 0 Å².